The SMILES string of the molecule is COc1nnccc1C(C[C@H](c1ccc(C2CCN(S(C)(=O)=O)CC2)cc1)c1ccccc1C)N=O. The topological polar surface area (TPSA) is 102 Å². The van der Waals surface area contributed by atoms with Crippen molar-refractivity contribution < 1.29 is 13.2 Å². The average Bonchev–Trinajstić information content (AvgIpc) is 2.90. The van der Waals surface area contributed by atoms with Crippen LogP contribution in [0.2, 0.25) is 0 Å². The Kier molecular flexibility index (Phi) is 8.11. The molecular formula is C27H32N4O4S. The van der Waals surface area contributed by atoms with E-state index in [9.17, 15) is 13.3 Å². The first-order valence-electron chi connectivity index (χ1n) is 12.1. The van der Waals surface area contributed by atoms with Gasteiger partial charge in [0.2, 0.25) is 15.9 Å². The van der Waals surface area contributed by atoms with Gasteiger partial charge < -0.3 is 4.74 Å². The summed E-state index contributed by atoms with van der Waals surface area (Å²) in [5, 5.41) is 11.3. The second-order valence-corrected chi connectivity index (χ2v) is 11.3. The zero-order chi connectivity index (χ0) is 25.7. The molecule has 1 saturated heterocycles. The van der Waals surface area contributed by atoms with Gasteiger partial charge in [-0.3, -0.25) is 0 Å². The molecule has 1 aliphatic rings. The van der Waals surface area contributed by atoms with Gasteiger partial charge in [-0.2, -0.15) is 10.0 Å². The third-order valence-electron chi connectivity index (χ3n) is 7.15. The Morgan fingerprint density at radius 2 is 1.75 bits per heavy atom. The highest BCUT2D eigenvalue weighted by Crippen LogP contribution is 2.39. The van der Waals surface area contributed by atoms with E-state index in [1.165, 1.54) is 18.9 Å². The zero-order valence-electron chi connectivity index (χ0n) is 20.9. The number of benzene rings is 2. The Balaban J connectivity index is 1.61. The standard InChI is InChI=1S/C27H32N4O4S/c1-19-6-4-5-7-23(19)25(18-26(30-32)24-12-15-28-29-27(24)35-2)22-10-8-20(9-11-22)21-13-16-31(17-14-21)36(3,33)34/h4-12,15,21,25-26H,13-14,16-18H2,1-3H3/t25-,26?/m1/s1. The van der Waals surface area contributed by atoms with Gasteiger partial charge in [0.15, 0.2) is 0 Å². The minimum atomic E-state index is -3.14. The van der Waals surface area contributed by atoms with E-state index in [-0.39, 0.29) is 5.92 Å². The molecule has 0 amide bonds. The maximum Gasteiger partial charge on any atom is 0.238 e. The number of nitroso groups, excluding NO2 is 1. The van der Waals surface area contributed by atoms with Gasteiger partial charge in [-0.15, -0.1) is 5.10 Å². The minimum Gasteiger partial charge on any atom is -0.480 e. The number of ether oxygens (including phenoxy) is 1. The maximum absolute atomic E-state index is 12.0. The van der Waals surface area contributed by atoms with Crippen molar-refractivity contribution in [3.8, 4) is 5.88 Å². The van der Waals surface area contributed by atoms with Crippen LogP contribution in [0.25, 0.3) is 0 Å². The molecule has 9 heteroatoms. The molecule has 1 aromatic heterocycles. The number of aromatic nitrogens is 2. The molecule has 0 N–H and O–H groups in total. The van der Waals surface area contributed by atoms with Gasteiger partial charge in [0, 0.05) is 24.6 Å². The number of hydrogen-bond donors (Lipinski definition) is 0. The van der Waals surface area contributed by atoms with Gasteiger partial charge >= 0.3 is 0 Å². The first-order valence-corrected chi connectivity index (χ1v) is 13.9. The lowest BCUT2D eigenvalue weighted by molar-refractivity contribution is 0.321. The highest BCUT2D eigenvalue weighted by atomic mass is 32.2. The summed E-state index contributed by atoms with van der Waals surface area (Å²) < 4.78 is 30.6. The molecule has 3 aromatic rings. The number of aryl methyl sites for hydroxylation is 1. The molecule has 0 spiro atoms. The predicted molar refractivity (Wildman–Crippen MR) is 140 cm³/mol. The molecule has 36 heavy (non-hydrogen) atoms. The molecule has 1 fully saturated rings. The van der Waals surface area contributed by atoms with Crippen molar-refractivity contribution in [2.45, 2.75) is 44.1 Å². The maximum atomic E-state index is 12.0. The van der Waals surface area contributed by atoms with Gasteiger partial charge in [0.25, 0.3) is 0 Å². The molecule has 0 radical (unpaired) electrons. The Morgan fingerprint density at radius 3 is 2.36 bits per heavy atom. The van der Waals surface area contributed by atoms with E-state index in [1.54, 1.807) is 16.6 Å². The fourth-order valence-electron chi connectivity index (χ4n) is 5.13. The predicted octanol–water partition coefficient (Wildman–Crippen LogP) is 4.96. The number of rotatable bonds is 9. The molecule has 1 unspecified atom stereocenters. The molecule has 2 aromatic carbocycles. The van der Waals surface area contributed by atoms with E-state index in [0.29, 0.717) is 36.9 Å². The van der Waals surface area contributed by atoms with E-state index < -0.39 is 16.1 Å². The first kappa shape index (κ1) is 25.9. The van der Waals surface area contributed by atoms with Crippen LogP contribution in [0.15, 0.2) is 66.0 Å². The molecular weight excluding hydrogens is 476 g/mol. The Bertz CT molecular complexity index is 1290. The lowest BCUT2D eigenvalue weighted by Crippen LogP contribution is -2.37. The molecule has 190 valence electrons. The molecule has 0 bridgehead atoms. The van der Waals surface area contributed by atoms with E-state index in [4.69, 9.17) is 4.74 Å². The Hall–Kier alpha value is -3.17. The second kappa shape index (κ2) is 11.3. The minimum absolute atomic E-state index is 0.0621. The van der Waals surface area contributed by atoms with Crippen molar-refractivity contribution >= 4 is 10.0 Å². The monoisotopic (exact) mass is 508 g/mol. The second-order valence-electron chi connectivity index (χ2n) is 9.36. The van der Waals surface area contributed by atoms with E-state index in [0.717, 1.165) is 29.5 Å². The van der Waals surface area contributed by atoms with Crippen LogP contribution in [0.1, 0.15) is 65.0 Å². The average molecular weight is 509 g/mol. The fourth-order valence-corrected chi connectivity index (χ4v) is 6.01. The van der Waals surface area contributed by atoms with Crippen molar-refractivity contribution in [1.82, 2.24) is 14.5 Å². The highest BCUT2D eigenvalue weighted by Gasteiger charge is 2.28. The summed E-state index contributed by atoms with van der Waals surface area (Å²) in [7, 11) is -1.64. The van der Waals surface area contributed by atoms with Gasteiger partial charge in [0.05, 0.1) is 19.6 Å². The van der Waals surface area contributed by atoms with Crippen LogP contribution in [0.3, 0.4) is 0 Å². The largest absolute Gasteiger partial charge is 0.480 e. The van der Waals surface area contributed by atoms with E-state index in [1.807, 2.05) is 12.1 Å². The van der Waals surface area contributed by atoms with Gasteiger partial charge in [0.1, 0.15) is 6.04 Å². The van der Waals surface area contributed by atoms with Crippen molar-refractivity contribution in [2.75, 3.05) is 26.5 Å². The number of nitrogens with zero attached hydrogens (tertiary/aromatic N) is 4. The van der Waals surface area contributed by atoms with Gasteiger partial charge in [-0.25, -0.2) is 12.7 Å². The first-order chi connectivity index (χ1) is 17.3. The number of methoxy groups -OCH3 is 1. The lowest BCUT2D eigenvalue weighted by Gasteiger charge is -2.30. The van der Waals surface area contributed by atoms with Crippen LogP contribution >= 0.6 is 0 Å². The summed E-state index contributed by atoms with van der Waals surface area (Å²) in [4.78, 5) is 12.0. The van der Waals surface area contributed by atoms with Crippen LogP contribution < -0.4 is 4.74 Å². The van der Waals surface area contributed by atoms with E-state index in [2.05, 4.69) is 58.7 Å². The number of hydrogen-bond acceptors (Lipinski definition) is 7. The Labute approximate surface area is 212 Å². The quantitative estimate of drug-likeness (QED) is 0.379. The molecule has 0 aliphatic carbocycles. The summed E-state index contributed by atoms with van der Waals surface area (Å²) >= 11 is 0. The Morgan fingerprint density at radius 1 is 1.06 bits per heavy atom. The van der Waals surface area contributed by atoms with E-state index >= 15 is 0 Å². The molecule has 0 saturated carbocycles. The summed E-state index contributed by atoms with van der Waals surface area (Å²) in [5.74, 6) is 0.569. The zero-order valence-corrected chi connectivity index (χ0v) is 21.7. The van der Waals surface area contributed by atoms with Gasteiger partial charge in [-0.05, 0) is 60.4 Å². The van der Waals surface area contributed by atoms with Crippen molar-refractivity contribution in [1.29, 1.82) is 0 Å². The third-order valence-corrected chi connectivity index (χ3v) is 8.46. The number of sulfonamides is 1. The van der Waals surface area contributed by atoms with Crippen molar-refractivity contribution in [2.24, 2.45) is 5.18 Å². The van der Waals surface area contributed by atoms with Crippen LogP contribution in [-0.4, -0.2) is 49.4 Å². The number of piperidine rings is 1. The van der Waals surface area contributed by atoms with Crippen LogP contribution in [0.5, 0.6) is 5.88 Å². The van der Waals surface area contributed by atoms with Gasteiger partial charge in [-0.1, -0.05) is 53.7 Å². The smallest absolute Gasteiger partial charge is 0.238 e. The lowest BCUT2D eigenvalue weighted by atomic mass is 9.81. The van der Waals surface area contributed by atoms with Crippen molar-refractivity contribution in [3.05, 3.63) is 93.5 Å². The summed E-state index contributed by atoms with van der Waals surface area (Å²) in [5.41, 5.74) is 5.21. The van der Waals surface area contributed by atoms with Crippen LogP contribution in [0, 0.1) is 11.8 Å². The van der Waals surface area contributed by atoms with Crippen LogP contribution in [-0.2, 0) is 10.0 Å². The normalized spacial score (nSPS) is 16.9. The molecule has 8 nitrogen and oxygen atoms in total. The summed E-state index contributed by atoms with van der Waals surface area (Å²) in [6.45, 7) is 3.17. The molecule has 1 aliphatic heterocycles. The molecule has 4 rings (SSSR count). The highest BCUT2D eigenvalue weighted by molar-refractivity contribution is 7.88. The summed E-state index contributed by atoms with van der Waals surface area (Å²) in [6, 6.07) is 17.8. The molecule has 2 atom stereocenters. The van der Waals surface area contributed by atoms with Crippen molar-refractivity contribution in [3.63, 3.8) is 0 Å². The molecule has 2 heterocycles. The van der Waals surface area contributed by atoms with Crippen LogP contribution in [0.4, 0.5) is 0 Å². The summed E-state index contributed by atoms with van der Waals surface area (Å²) in [6.07, 6.45) is 4.89. The third kappa shape index (κ3) is 5.79. The fraction of sp³-hybridized carbons (Fsp3) is 0.407.